The molecular formula is C28H33NO6. The molecule has 0 unspecified atom stereocenters. The molecule has 3 aromatic carbocycles. The van der Waals surface area contributed by atoms with Crippen molar-refractivity contribution in [3.8, 4) is 5.75 Å². The number of hydrogen-bond acceptors (Lipinski definition) is 7. The second-order valence-electron chi connectivity index (χ2n) is 7.47. The third kappa shape index (κ3) is 8.10. The van der Waals surface area contributed by atoms with E-state index in [1.807, 2.05) is 66.7 Å². The quantitative estimate of drug-likeness (QED) is 0.214. The summed E-state index contributed by atoms with van der Waals surface area (Å²) in [5.41, 5.74) is 3.14. The number of nitrogens with zero attached hydrogens (tertiary/aromatic N) is 1. The zero-order chi connectivity index (χ0) is 24.7. The molecule has 0 saturated carbocycles. The molecule has 0 spiro atoms. The smallest absolute Gasteiger partial charge is 0.341 e. The Morgan fingerprint density at radius 3 is 1.86 bits per heavy atom. The van der Waals surface area contributed by atoms with Crippen LogP contribution in [0.25, 0.3) is 0 Å². The van der Waals surface area contributed by atoms with Gasteiger partial charge in [0.05, 0.1) is 39.6 Å². The average molecular weight is 480 g/mol. The van der Waals surface area contributed by atoms with Crippen LogP contribution >= 0.6 is 0 Å². The topological polar surface area (TPSA) is 66.5 Å². The molecule has 0 heterocycles. The molecule has 0 aromatic heterocycles. The van der Waals surface area contributed by atoms with Crippen LogP contribution in [0.1, 0.15) is 17.3 Å². The molecule has 7 nitrogen and oxygen atoms in total. The summed E-state index contributed by atoms with van der Waals surface area (Å²) in [7, 11) is 1.63. The van der Waals surface area contributed by atoms with Crippen molar-refractivity contribution in [3.63, 3.8) is 0 Å². The minimum absolute atomic E-state index is 0.274. The Hall–Kier alpha value is -3.39. The summed E-state index contributed by atoms with van der Waals surface area (Å²) < 4.78 is 27.0. The van der Waals surface area contributed by atoms with Gasteiger partial charge in [0, 0.05) is 24.2 Å². The number of carbonyl (C=O) groups excluding carboxylic acids is 1. The van der Waals surface area contributed by atoms with Gasteiger partial charge in [-0.05, 0) is 49.4 Å². The lowest BCUT2D eigenvalue weighted by atomic mass is 10.1. The first-order valence-electron chi connectivity index (χ1n) is 11.7. The van der Waals surface area contributed by atoms with Gasteiger partial charge in [0.1, 0.15) is 17.9 Å². The molecule has 35 heavy (non-hydrogen) atoms. The van der Waals surface area contributed by atoms with Gasteiger partial charge < -0.3 is 28.6 Å². The molecule has 0 bridgehead atoms. The molecule has 0 N–H and O–H groups in total. The first-order chi connectivity index (χ1) is 17.2. The van der Waals surface area contributed by atoms with E-state index in [0.717, 1.165) is 17.1 Å². The molecule has 3 aromatic rings. The first kappa shape index (κ1) is 26.2. The summed E-state index contributed by atoms with van der Waals surface area (Å²) in [4.78, 5) is 14.9. The summed E-state index contributed by atoms with van der Waals surface area (Å²) in [5, 5.41) is 0. The van der Waals surface area contributed by atoms with Crippen molar-refractivity contribution in [2.24, 2.45) is 0 Å². The van der Waals surface area contributed by atoms with E-state index in [4.69, 9.17) is 23.7 Å². The lowest BCUT2D eigenvalue weighted by Gasteiger charge is -2.26. The van der Waals surface area contributed by atoms with Crippen molar-refractivity contribution in [2.45, 2.75) is 6.92 Å². The van der Waals surface area contributed by atoms with E-state index >= 15 is 0 Å². The van der Waals surface area contributed by atoms with Crippen molar-refractivity contribution in [1.29, 1.82) is 0 Å². The Bertz CT molecular complexity index is 973. The lowest BCUT2D eigenvalue weighted by Crippen LogP contribution is -2.15. The van der Waals surface area contributed by atoms with Crippen LogP contribution in [0, 0.1) is 0 Å². The maximum Gasteiger partial charge on any atom is 0.341 e. The number of ether oxygens (including phenoxy) is 5. The van der Waals surface area contributed by atoms with Gasteiger partial charge >= 0.3 is 5.97 Å². The van der Waals surface area contributed by atoms with E-state index in [1.165, 1.54) is 0 Å². The number of rotatable bonds is 15. The summed E-state index contributed by atoms with van der Waals surface area (Å²) in [6.07, 6.45) is 0. The van der Waals surface area contributed by atoms with Crippen molar-refractivity contribution in [1.82, 2.24) is 0 Å². The summed E-state index contributed by atoms with van der Waals surface area (Å²) in [6.45, 7) is 4.76. The lowest BCUT2D eigenvalue weighted by molar-refractivity contribution is 0.0178. The Morgan fingerprint density at radius 1 is 0.714 bits per heavy atom. The van der Waals surface area contributed by atoms with Crippen LogP contribution in [0.2, 0.25) is 0 Å². The summed E-state index contributed by atoms with van der Waals surface area (Å²) in [5.74, 6) is 0.0195. The van der Waals surface area contributed by atoms with Gasteiger partial charge in [-0.15, -0.1) is 0 Å². The summed E-state index contributed by atoms with van der Waals surface area (Å²) in [6, 6.07) is 25.5. The Morgan fingerprint density at radius 2 is 1.29 bits per heavy atom. The molecular weight excluding hydrogens is 446 g/mol. The fraction of sp³-hybridized carbons (Fsp3) is 0.321. The van der Waals surface area contributed by atoms with E-state index in [0.29, 0.717) is 51.0 Å². The average Bonchev–Trinajstić information content (AvgIpc) is 2.90. The van der Waals surface area contributed by atoms with Gasteiger partial charge in [-0.1, -0.05) is 36.4 Å². The van der Waals surface area contributed by atoms with Crippen molar-refractivity contribution in [2.75, 3.05) is 58.3 Å². The standard InChI is InChI=1S/C28H33NO6/c1-3-34-28(30)26-22-25(14-15-27(26)35-21-20-33-19-18-32-17-16-31-2)29(23-10-6-4-7-11-23)24-12-8-5-9-13-24/h4-15,22H,3,16-21H2,1-2H3. The Kier molecular flexibility index (Phi) is 11.1. The number of hydrogen-bond donors (Lipinski definition) is 0. The first-order valence-corrected chi connectivity index (χ1v) is 11.7. The number of methoxy groups -OCH3 is 1. The van der Waals surface area contributed by atoms with Crippen molar-refractivity contribution >= 4 is 23.0 Å². The van der Waals surface area contributed by atoms with Crippen LogP contribution in [0.15, 0.2) is 78.9 Å². The molecule has 0 saturated heterocycles. The second-order valence-corrected chi connectivity index (χ2v) is 7.47. The highest BCUT2D eigenvalue weighted by Crippen LogP contribution is 2.36. The maximum atomic E-state index is 12.8. The van der Waals surface area contributed by atoms with Gasteiger partial charge in [-0.3, -0.25) is 0 Å². The third-order valence-corrected chi connectivity index (χ3v) is 5.03. The predicted molar refractivity (Wildman–Crippen MR) is 136 cm³/mol. The molecule has 0 aliphatic rings. The fourth-order valence-electron chi connectivity index (χ4n) is 3.43. The van der Waals surface area contributed by atoms with E-state index in [-0.39, 0.29) is 6.61 Å². The minimum Gasteiger partial charge on any atom is -0.490 e. The van der Waals surface area contributed by atoms with E-state index in [9.17, 15) is 4.79 Å². The van der Waals surface area contributed by atoms with Gasteiger partial charge in [-0.25, -0.2) is 4.79 Å². The van der Waals surface area contributed by atoms with Crippen LogP contribution in [-0.2, 0) is 18.9 Å². The Balaban J connectivity index is 1.75. The van der Waals surface area contributed by atoms with Gasteiger partial charge in [0.15, 0.2) is 0 Å². The number of esters is 1. The zero-order valence-electron chi connectivity index (χ0n) is 20.4. The predicted octanol–water partition coefficient (Wildman–Crippen LogP) is 5.39. The SMILES string of the molecule is CCOC(=O)c1cc(N(c2ccccc2)c2ccccc2)ccc1OCCOCCOCCOC. The normalized spacial score (nSPS) is 10.7. The molecule has 186 valence electrons. The molecule has 0 aliphatic heterocycles. The molecule has 0 radical (unpaired) electrons. The maximum absolute atomic E-state index is 12.8. The molecule has 0 fully saturated rings. The van der Waals surface area contributed by atoms with Crippen LogP contribution < -0.4 is 9.64 Å². The van der Waals surface area contributed by atoms with Crippen molar-refractivity contribution in [3.05, 3.63) is 84.4 Å². The highest BCUT2D eigenvalue weighted by molar-refractivity contribution is 5.94. The Labute approximate surface area is 207 Å². The van der Waals surface area contributed by atoms with Crippen LogP contribution in [0.5, 0.6) is 5.75 Å². The highest BCUT2D eigenvalue weighted by atomic mass is 16.6. The minimum atomic E-state index is -0.433. The zero-order valence-corrected chi connectivity index (χ0v) is 20.4. The number of anilines is 3. The fourth-order valence-corrected chi connectivity index (χ4v) is 3.43. The van der Waals surface area contributed by atoms with E-state index in [2.05, 4.69) is 4.90 Å². The van der Waals surface area contributed by atoms with E-state index < -0.39 is 5.97 Å². The van der Waals surface area contributed by atoms with E-state index in [1.54, 1.807) is 26.2 Å². The number of carbonyl (C=O) groups is 1. The number of para-hydroxylation sites is 2. The number of benzene rings is 3. The molecule has 3 rings (SSSR count). The van der Waals surface area contributed by atoms with Gasteiger partial charge in [-0.2, -0.15) is 0 Å². The molecule has 0 amide bonds. The third-order valence-electron chi connectivity index (χ3n) is 5.03. The van der Waals surface area contributed by atoms with Crippen LogP contribution in [-0.4, -0.2) is 59.3 Å². The second kappa shape index (κ2) is 14.8. The molecule has 0 atom stereocenters. The summed E-state index contributed by atoms with van der Waals surface area (Å²) >= 11 is 0. The van der Waals surface area contributed by atoms with Gasteiger partial charge in [0.25, 0.3) is 0 Å². The monoisotopic (exact) mass is 479 g/mol. The van der Waals surface area contributed by atoms with Gasteiger partial charge in [0.2, 0.25) is 0 Å². The highest BCUT2D eigenvalue weighted by Gasteiger charge is 2.19. The van der Waals surface area contributed by atoms with Crippen molar-refractivity contribution < 1.29 is 28.5 Å². The molecule has 7 heteroatoms. The molecule has 0 aliphatic carbocycles. The van der Waals surface area contributed by atoms with Crippen LogP contribution in [0.4, 0.5) is 17.1 Å². The largest absolute Gasteiger partial charge is 0.490 e. The van der Waals surface area contributed by atoms with Crippen LogP contribution in [0.3, 0.4) is 0 Å².